The van der Waals surface area contributed by atoms with E-state index in [0.29, 0.717) is 11.6 Å². The average molecular weight is 247 g/mol. The molecule has 0 radical (unpaired) electrons. The lowest BCUT2D eigenvalue weighted by atomic mass is 10.1. The van der Waals surface area contributed by atoms with E-state index in [1.54, 1.807) is 0 Å². The number of carbonyl (C=O) groups is 1. The van der Waals surface area contributed by atoms with Crippen LogP contribution in [0.2, 0.25) is 0 Å². The van der Waals surface area contributed by atoms with E-state index in [9.17, 15) is 4.79 Å². The predicted molar refractivity (Wildman–Crippen MR) is 71.4 cm³/mol. The minimum absolute atomic E-state index is 0.278. The highest BCUT2D eigenvalue weighted by Gasteiger charge is 2.35. The Labute approximate surface area is 109 Å². The van der Waals surface area contributed by atoms with Gasteiger partial charge in [-0.1, -0.05) is 25.5 Å². The maximum Gasteiger partial charge on any atom is 0.337 e. The fourth-order valence-electron chi connectivity index (χ4n) is 2.31. The molecule has 0 aromatic heterocycles. The zero-order chi connectivity index (χ0) is 13.0. The zero-order valence-corrected chi connectivity index (χ0v) is 11.1. The number of esters is 1. The lowest BCUT2D eigenvalue weighted by Crippen LogP contribution is -2.17. The average Bonchev–Trinajstić information content (AvgIpc) is 3.15. The monoisotopic (exact) mass is 247 g/mol. The SMILES string of the molecule is CCCC1CC1NCc1ccc(C(=O)OC)cc1. The molecule has 1 aromatic rings. The fourth-order valence-corrected chi connectivity index (χ4v) is 2.31. The summed E-state index contributed by atoms with van der Waals surface area (Å²) in [5.74, 6) is 0.601. The van der Waals surface area contributed by atoms with Crippen molar-refractivity contribution in [3.05, 3.63) is 35.4 Å². The molecule has 98 valence electrons. The Morgan fingerprint density at radius 3 is 2.72 bits per heavy atom. The molecule has 0 saturated heterocycles. The van der Waals surface area contributed by atoms with Crippen molar-refractivity contribution in [1.82, 2.24) is 5.32 Å². The van der Waals surface area contributed by atoms with E-state index < -0.39 is 0 Å². The van der Waals surface area contributed by atoms with E-state index in [1.807, 2.05) is 24.3 Å². The van der Waals surface area contributed by atoms with E-state index in [4.69, 9.17) is 0 Å². The highest BCUT2D eigenvalue weighted by Crippen LogP contribution is 2.34. The molecule has 1 aromatic carbocycles. The van der Waals surface area contributed by atoms with Gasteiger partial charge in [0.2, 0.25) is 0 Å². The Balaban J connectivity index is 1.79. The molecule has 1 aliphatic carbocycles. The maximum atomic E-state index is 11.3. The van der Waals surface area contributed by atoms with Crippen LogP contribution in [0.5, 0.6) is 0 Å². The molecular formula is C15H21NO2. The molecule has 0 aliphatic heterocycles. The van der Waals surface area contributed by atoms with E-state index in [1.165, 1.54) is 31.9 Å². The zero-order valence-electron chi connectivity index (χ0n) is 11.1. The lowest BCUT2D eigenvalue weighted by Gasteiger charge is -2.05. The Kier molecular flexibility index (Phi) is 4.37. The van der Waals surface area contributed by atoms with Crippen LogP contribution in [-0.2, 0) is 11.3 Å². The van der Waals surface area contributed by atoms with Gasteiger partial charge < -0.3 is 10.1 Å². The second-order valence-electron chi connectivity index (χ2n) is 4.96. The quantitative estimate of drug-likeness (QED) is 0.785. The summed E-state index contributed by atoms with van der Waals surface area (Å²) in [7, 11) is 1.40. The van der Waals surface area contributed by atoms with E-state index in [-0.39, 0.29) is 5.97 Å². The van der Waals surface area contributed by atoms with Crippen LogP contribution in [0.15, 0.2) is 24.3 Å². The summed E-state index contributed by atoms with van der Waals surface area (Å²) < 4.78 is 4.67. The van der Waals surface area contributed by atoms with Crippen molar-refractivity contribution in [1.29, 1.82) is 0 Å². The van der Waals surface area contributed by atoms with Gasteiger partial charge in [0.15, 0.2) is 0 Å². The topological polar surface area (TPSA) is 38.3 Å². The second-order valence-corrected chi connectivity index (χ2v) is 4.96. The van der Waals surface area contributed by atoms with E-state index >= 15 is 0 Å². The van der Waals surface area contributed by atoms with Crippen LogP contribution in [-0.4, -0.2) is 19.1 Å². The third kappa shape index (κ3) is 3.33. The van der Waals surface area contributed by atoms with Gasteiger partial charge in [0, 0.05) is 12.6 Å². The summed E-state index contributed by atoms with van der Waals surface area (Å²) in [6, 6.07) is 8.30. The standard InChI is InChI=1S/C15H21NO2/c1-3-4-13-9-14(13)16-10-11-5-7-12(8-6-11)15(17)18-2/h5-8,13-14,16H,3-4,9-10H2,1-2H3. The lowest BCUT2D eigenvalue weighted by molar-refractivity contribution is 0.0600. The Hall–Kier alpha value is -1.35. The van der Waals surface area contributed by atoms with Gasteiger partial charge >= 0.3 is 5.97 Å². The van der Waals surface area contributed by atoms with Gasteiger partial charge in [-0.05, 0) is 36.5 Å². The highest BCUT2D eigenvalue weighted by molar-refractivity contribution is 5.89. The van der Waals surface area contributed by atoms with Gasteiger partial charge in [-0.25, -0.2) is 4.79 Å². The molecule has 1 saturated carbocycles. The number of carbonyl (C=O) groups excluding carboxylic acids is 1. The number of hydrogen-bond donors (Lipinski definition) is 1. The molecule has 18 heavy (non-hydrogen) atoms. The molecule has 3 heteroatoms. The molecule has 0 bridgehead atoms. The summed E-state index contributed by atoms with van der Waals surface area (Å²) in [6.45, 7) is 3.12. The smallest absolute Gasteiger partial charge is 0.337 e. The van der Waals surface area contributed by atoms with Crippen LogP contribution in [0.25, 0.3) is 0 Å². The minimum atomic E-state index is -0.278. The van der Waals surface area contributed by atoms with Crippen molar-refractivity contribution in [3.8, 4) is 0 Å². The number of hydrogen-bond acceptors (Lipinski definition) is 3. The summed E-state index contributed by atoms with van der Waals surface area (Å²) >= 11 is 0. The molecule has 2 atom stereocenters. The molecular weight excluding hydrogens is 226 g/mol. The van der Waals surface area contributed by atoms with Crippen LogP contribution in [0.3, 0.4) is 0 Å². The molecule has 0 heterocycles. The molecule has 3 nitrogen and oxygen atoms in total. The largest absolute Gasteiger partial charge is 0.465 e. The third-order valence-corrected chi connectivity index (χ3v) is 3.53. The fraction of sp³-hybridized carbons (Fsp3) is 0.533. The summed E-state index contributed by atoms with van der Waals surface area (Å²) in [4.78, 5) is 11.3. The highest BCUT2D eigenvalue weighted by atomic mass is 16.5. The summed E-state index contributed by atoms with van der Waals surface area (Å²) in [5, 5.41) is 3.55. The van der Waals surface area contributed by atoms with Crippen LogP contribution in [0.4, 0.5) is 0 Å². The second kappa shape index (κ2) is 6.01. The van der Waals surface area contributed by atoms with Crippen LogP contribution in [0, 0.1) is 5.92 Å². The van der Waals surface area contributed by atoms with Crippen LogP contribution in [0.1, 0.15) is 42.1 Å². The first-order valence-electron chi connectivity index (χ1n) is 6.65. The Bertz CT molecular complexity index is 399. The van der Waals surface area contributed by atoms with Crippen molar-refractivity contribution < 1.29 is 9.53 Å². The molecule has 1 N–H and O–H groups in total. The Morgan fingerprint density at radius 2 is 2.11 bits per heavy atom. The summed E-state index contributed by atoms with van der Waals surface area (Å²) in [6.07, 6.45) is 3.92. The number of ether oxygens (including phenoxy) is 1. The summed E-state index contributed by atoms with van der Waals surface area (Å²) in [5.41, 5.74) is 1.82. The van der Waals surface area contributed by atoms with Gasteiger partial charge in [0.05, 0.1) is 12.7 Å². The number of methoxy groups -OCH3 is 1. The van der Waals surface area contributed by atoms with Crippen molar-refractivity contribution in [3.63, 3.8) is 0 Å². The van der Waals surface area contributed by atoms with Crippen molar-refractivity contribution in [2.24, 2.45) is 5.92 Å². The first-order valence-corrected chi connectivity index (χ1v) is 6.65. The van der Waals surface area contributed by atoms with Gasteiger partial charge in [-0.15, -0.1) is 0 Å². The van der Waals surface area contributed by atoms with E-state index in [2.05, 4.69) is 17.0 Å². The molecule has 0 amide bonds. The van der Waals surface area contributed by atoms with Gasteiger partial charge in [-0.3, -0.25) is 0 Å². The van der Waals surface area contributed by atoms with Crippen LogP contribution >= 0.6 is 0 Å². The minimum Gasteiger partial charge on any atom is -0.465 e. The molecule has 0 spiro atoms. The first kappa shape index (κ1) is 13.1. The number of benzene rings is 1. The predicted octanol–water partition coefficient (Wildman–Crippen LogP) is 2.75. The first-order chi connectivity index (χ1) is 8.74. The van der Waals surface area contributed by atoms with Gasteiger partial charge in [0.1, 0.15) is 0 Å². The third-order valence-electron chi connectivity index (χ3n) is 3.53. The van der Waals surface area contributed by atoms with Gasteiger partial charge in [-0.2, -0.15) is 0 Å². The normalized spacial score (nSPS) is 21.7. The molecule has 1 fully saturated rings. The van der Waals surface area contributed by atoms with Crippen molar-refractivity contribution in [2.75, 3.05) is 7.11 Å². The maximum absolute atomic E-state index is 11.3. The number of nitrogens with one attached hydrogen (secondary N) is 1. The van der Waals surface area contributed by atoms with Crippen molar-refractivity contribution >= 4 is 5.97 Å². The van der Waals surface area contributed by atoms with Crippen LogP contribution < -0.4 is 5.32 Å². The molecule has 2 unspecified atom stereocenters. The number of rotatable bonds is 6. The molecule has 1 aliphatic rings. The van der Waals surface area contributed by atoms with Crippen molar-refractivity contribution in [2.45, 2.75) is 38.8 Å². The van der Waals surface area contributed by atoms with E-state index in [0.717, 1.165) is 12.5 Å². The van der Waals surface area contributed by atoms with Gasteiger partial charge in [0.25, 0.3) is 0 Å². The Morgan fingerprint density at radius 1 is 1.39 bits per heavy atom. The molecule has 2 rings (SSSR count).